The van der Waals surface area contributed by atoms with Gasteiger partial charge in [-0.3, -0.25) is 14.5 Å². The number of carbonyl (C=O) groups excluding carboxylic acids is 2. The van der Waals surface area contributed by atoms with Crippen molar-refractivity contribution in [1.29, 1.82) is 0 Å². The largest absolute Gasteiger partial charge is 0.497 e. The minimum absolute atomic E-state index is 0.00819. The predicted octanol–water partition coefficient (Wildman–Crippen LogP) is 3.70. The minimum atomic E-state index is -0.642. The smallest absolute Gasteiger partial charge is 0.252 e. The Bertz CT molecular complexity index is 902. The molecule has 0 spiro atoms. The second-order valence-corrected chi connectivity index (χ2v) is 7.42. The van der Waals surface area contributed by atoms with Crippen LogP contribution in [-0.2, 0) is 16.1 Å². The maximum atomic E-state index is 12.9. The summed E-state index contributed by atoms with van der Waals surface area (Å²) in [7, 11) is 1.61. The lowest BCUT2D eigenvalue weighted by Crippen LogP contribution is -2.37. The summed E-state index contributed by atoms with van der Waals surface area (Å²) in [6, 6.07) is 13.7. The van der Waals surface area contributed by atoms with Gasteiger partial charge in [0.1, 0.15) is 11.8 Å². The number of likely N-dealkylation sites (N-methyl/N-ethyl adjacent to an activating group) is 1. The fourth-order valence-electron chi connectivity index (χ4n) is 3.21. The summed E-state index contributed by atoms with van der Waals surface area (Å²) in [5.41, 5.74) is 1.60. The molecular formula is C21H22ClN3O3S. The van der Waals surface area contributed by atoms with Gasteiger partial charge in [0.2, 0.25) is 5.91 Å². The van der Waals surface area contributed by atoms with Crippen LogP contribution in [0.1, 0.15) is 18.9 Å². The lowest BCUT2D eigenvalue weighted by Gasteiger charge is -2.24. The van der Waals surface area contributed by atoms with Crippen molar-refractivity contribution < 1.29 is 14.3 Å². The highest BCUT2D eigenvalue weighted by molar-refractivity contribution is 7.80. The van der Waals surface area contributed by atoms with Crippen LogP contribution in [0.5, 0.6) is 5.75 Å². The van der Waals surface area contributed by atoms with Crippen molar-refractivity contribution >= 4 is 46.4 Å². The molecule has 0 saturated carbocycles. The highest BCUT2D eigenvalue weighted by atomic mass is 35.5. The number of ether oxygens (including phenoxy) is 1. The summed E-state index contributed by atoms with van der Waals surface area (Å²) in [4.78, 5) is 28.8. The van der Waals surface area contributed by atoms with Gasteiger partial charge in [0.25, 0.3) is 5.91 Å². The van der Waals surface area contributed by atoms with Gasteiger partial charge < -0.3 is 15.0 Å². The number of benzene rings is 2. The fourth-order valence-corrected chi connectivity index (χ4v) is 3.75. The molecule has 0 bridgehead atoms. The van der Waals surface area contributed by atoms with Crippen molar-refractivity contribution in [3.63, 3.8) is 0 Å². The maximum Gasteiger partial charge on any atom is 0.252 e. The van der Waals surface area contributed by atoms with E-state index < -0.39 is 6.04 Å². The second-order valence-electron chi connectivity index (χ2n) is 6.62. The number of rotatable bonds is 7. The predicted molar refractivity (Wildman–Crippen MR) is 117 cm³/mol. The van der Waals surface area contributed by atoms with Crippen molar-refractivity contribution in [1.82, 2.24) is 9.80 Å². The first kappa shape index (κ1) is 21.1. The van der Waals surface area contributed by atoms with E-state index in [1.54, 1.807) is 36.3 Å². The van der Waals surface area contributed by atoms with E-state index in [9.17, 15) is 9.59 Å². The van der Waals surface area contributed by atoms with Gasteiger partial charge in [-0.15, -0.1) is 0 Å². The van der Waals surface area contributed by atoms with Crippen molar-refractivity contribution in [2.75, 3.05) is 19.0 Å². The van der Waals surface area contributed by atoms with E-state index in [2.05, 4.69) is 5.32 Å². The van der Waals surface area contributed by atoms with E-state index in [4.69, 9.17) is 28.6 Å². The number of amides is 2. The van der Waals surface area contributed by atoms with Crippen LogP contribution in [0.3, 0.4) is 0 Å². The first-order valence-corrected chi connectivity index (χ1v) is 10.0. The Morgan fingerprint density at radius 1 is 1.17 bits per heavy atom. The first-order chi connectivity index (χ1) is 13.9. The molecule has 1 unspecified atom stereocenters. The van der Waals surface area contributed by atoms with E-state index in [-0.39, 0.29) is 18.2 Å². The van der Waals surface area contributed by atoms with E-state index in [0.29, 0.717) is 28.9 Å². The molecule has 1 saturated heterocycles. The lowest BCUT2D eigenvalue weighted by atomic mass is 10.1. The van der Waals surface area contributed by atoms with Crippen molar-refractivity contribution in [2.45, 2.75) is 25.9 Å². The Kier molecular flexibility index (Phi) is 6.71. The average Bonchev–Trinajstić information content (AvgIpc) is 2.93. The van der Waals surface area contributed by atoms with Crippen molar-refractivity contribution in [3.8, 4) is 5.75 Å². The fraction of sp³-hybridized carbons (Fsp3) is 0.286. The molecule has 2 aromatic rings. The molecule has 1 aliphatic rings. The lowest BCUT2D eigenvalue weighted by molar-refractivity contribution is -0.130. The molecule has 8 heteroatoms. The highest BCUT2D eigenvalue weighted by Gasteiger charge is 2.42. The number of hydrogen-bond donors (Lipinski definition) is 1. The summed E-state index contributed by atoms with van der Waals surface area (Å²) in [5, 5.41) is 3.84. The Hall–Kier alpha value is -2.64. The standard InChI is InChI=1S/C21H22ClN3O3S/c1-3-24-20(27)18(12-19(26)23-16-8-6-15(22)7-9-16)25(21(24)29)13-14-4-10-17(28-2)11-5-14/h4-11,18H,3,12-13H2,1-2H3,(H,23,26). The molecule has 29 heavy (non-hydrogen) atoms. The van der Waals surface area contributed by atoms with Crippen LogP contribution in [0.15, 0.2) is 48.5 Å². The molecule has 152 valence electrons. The van der Waals surface area contributed by atoms with Crippen LogP contribution in [0.2, 0.25) is 5.02 Å². The topological polar surface area (TPSA) is 61.9 Å². The summed E-state index contributed by atoms with van der Waals surface area (Å²) in [6.07, 6.45) is 0.00819. The summed E-state index contributed by atoms with van der Waals surface area (Å²) in [5.74, 6) is 0.339. The third-order valence-corrected chi connectivity index (χ3v) is 5.45. The van der Waals surface area contributed by atoms with Crippen LogP contribution in [-0.4, -0.2) is 46.4 Å². The van der Waals surface area contributed by atoms with E-state index in [1.807, 2.05) is 36.1 Å². The maximum absolute atomic E-state index is 12.9. The van der Waals surface area contributed by atoms with E-state index in [1.165, 1.54) is 0 Å². The van der Waals surface area contributed by atoms with Gasteiger partial charge in [0, 0.05) is 23.8 Å². The van der Waals surface area contributed by atoms with Gasteiger partial charge in [-0.25, -0.2) is 0 Å². The van der Waals surface area contributed by atoms with Gasteiger partial charge in [0.15, 0.2) is 5.11 Å². The van der Waals surface area contributed by atoms with E-state index in [0.717, 1.165) is 11.3 Å². The first-order valence-electron chi connectivity index (χ1n) is 9.23. The third-order valence-electron chi connectivity index (χ3n) is 4.74. The molecule has 3 rings (SSSR count). The highest BCUT2D eigenvalue weighted by Crippen LogP contribution is 2.24. The van der Waals surface area contributed by atoms with Crippen LogP contribution in [0.25, 0.3) is 0 Å². The third kappa shape index (κ3) is 4.86. The average molecular weight is 432 g/mol. The van der Waals surface area contributed by atoms with E-state index >= 15 is 0 Å². The Balaban J connectivity index is 1.75. The number of nitrogens with zero attached hydrogens (tertiary/aromatic N) is 2. The molecule has 1 N–H and O–H groups in total. The van der Waals surface area contributed by atoms with Crippen molar-refractivity contribution in [3.05, 3.63) is 59.1 Å². The Labute approximate surface area is 180 Å². The normalized spacial score (nSPS) is 16.3. The number of hydrogen-bond acceptors (Lipinski definition) is 4. The SMILES string of the molecule is CCN1C(=O)C(CC(=O)Nc2ccc(Cl)cc2)N(Cc2ccc(OC)cc2)C1=S. The number of anilines is 1. The van der Waals surface area contributed by atoms with Gasteiger partial charge in [-0.05, 0) is 61.1 Å². The van der Waals surface area contributed by atoms with Crippen LogP contribution < -0.4 is 10.1 Å². The van der Waals surface area contributed by atoms with Gasteiger partial charge >= 0.3 is 0 Å². The van der Waals surface area contributed by atoms with Crippen LogP contribution in [0, 0.1) is 0 Å². The minimum Gasteiger partial charge on any atom is -0.497 e. The molecule has 1 aliphatic heterocycles. The van der Waals surface area contributed by atoms with Crippen LogP contribution >= 0.6 is 23.8 Å². The zero-order valence-corrected chi connectivity index (χ0v) is 17.8. The monoisotopic (exact) mass is 431 g/mol. The number of carbonyl (C=O) groups is 2. The number of nitrogens with one attached hydrogen (secondary N) is 1. The zero-order chi connectivity index (χ0) is 21.0. The molecule has 2 aromatic carbocycles. The Morgan fingerprint density at radius 3 is 2.41 bits per heavy atom. The van der Waals surface area contributed by atoms with Gasteiger partial charge in [0.05, 0.1) is 13.5 Å². The van der Waals surface area contributed by atoms with Gasteiger partial charge in [-0.2, -0.15) is 0 Å². The molecule has 0 radical (unpaired) electrons. The molecule has 2 amide bonds. The Morgan fingerprint density at radius 2 is 1.83 bits per heavy atom. The zero-order valence-electron chi connectivity index (χ0n) is 16.2. The molecule has 0 aromatic heterocycles. The summed E-state index contributed by atoms with van der Waals surface area (Å²) < 4.78 is 5.19. The quantitative estimate of drug-likeness (QED) is 0.677. The number of halogens is 1. The summed E-state index contributed by atoms with van der Waals surface area (Å²) in [6.45, 7) is 2.77. The van der Waals surface area contributed by atoms with Crippen molar-refractivity contribution in [2.24, 2.45) is 0 Å². The summed E-state index contributed by atoms with van der Waals surface area (Å²) >= 11 is 11.4. The second kappa shape index (κ2) is 9.24. The van der Waals surface area contributed by atoms with Crippen LogP contribution in [0.4, 0.5) is 5.69 Å². The molecule has 1 heterocycles. The molecule has 1 atom stereocenters. The molecule has 0 aliphatic carbocycles. The number of methoxy groups -OCH3 is 1. The van der Waals surface area contributed by atoms with Gasteiger partial charge in [-0.1, -0.05) is 23.7 Å². The molecule has 6 nitrogen and oxygen atoms in total. The molecular weight excluding hydrogens is 410 g/mol. The number of thiocarbonyl (C=S) groups is 1. The molecule has 1 fully saturated rings.